The first-order valence-corrected chi connectivity index (χ1v) is 6.60. The Kier molecular flexibility index (Phi) is 5.46. The van der Waals surface area contributed by atoms with Crippen LogP contribution in [0.25, 0.3) is 6.08 Å². The van der Waals surface area contributed by atoms with Gasteiger partial charge in [0.2, 0.25) is 0 Å². The predicted octanol–water partition coefficient (Wildman–Crippen LogP) is 3.83. The number of carbonyl (C=O) groups excluding carboxylic acids is 1. The lowest BCUT2D eigenvalue weighted by Crippen LogP contribution is -2.32. The van der Waals surface area contributed by atoms with Crippen molar-refractivity contribution in [1.82, 2.24) is 5.32 Å². The van der Waals surface area contributed by atoms with Gasteiger partial charge < -0.3 is 15.8 Å². The minimum atomic E-state index is -4.49. The van der Waals surface area contributed by atoms with Crippen LogP contribution >= 0.6 is 0 Å². The van der Waals surface area contributed by atoms with E-state index in [2.05, 4.69) is 5.32 Å². The first-order valence-electron chi connectivity index (χ1n) is 6.60. The molecule has 0 aliphatic heterocycles. The maximum atomic E-state index is 12.9. The lowest BCUT2D eigenvalue weighted by atomic mass is 10.0. The van der Waals surface area contributed by atoms with Crippen LogP contribution in [-0.2, 0) is 10.9 Å². The van der Waals surface area contributed by atoms with Crippen LogP contribution in [0.4, 0.5) is 23.7 Å². The molecular weight excluding hydrogens is 297 g/mol. The summed E-state index contributed by atoms with van der Waals surface area (Å²) in [6.45, 7) is 5.16. The van der Waals surface area contributed by atoms with Gasteiger partial charge in [0.1, 0.15) is 5.60 Å². The van der Waals surface area contributed by atoms with Crippen LogP contribution in [0.2, 0.25) is 0 Å². The van der Waals surface area contributed by atoms with Gasteiger partial charge in [-0.1, -0.05) is 18.2 Å². The highest BCUT2D eigenvalue weighted by atomic mass is 19.4. The molecule has 1 amide bonds. The van der Waals surface area contributed by atoms with E-state index in [0.29, 0.717) is 0 Å². The summed E-state index contributed by atoms with van der Waals surface area (Å²) >= 11 is 0. The third-order valence-corrected chi connectivity index (χ3v) is 2.49. The van der Waals surface area contributed by atoms with E-state index in [1.807, 2.05) is 0 Å². The van der Waals surface area contributed by atoms with Crippen molar-refractivity contribution in [2.45, 2.75) is 32.5 Å². The van der Waals surface area contributed by atoms with Crippen LogP contribution < -0.4 is 11.1 Å². The van der Waals surface area contributed by atoms with Gasteiger partial charge in [0.25, 0.3) is 0 Å². The number of nitrogens with two attached hydrogens (primary N) is 1. The van der Waals surface area contributed by atoms with Gasteiger partial charge in [-0.2, -0.15) is 13.2 Å². The Bertz CT molecular complexity index is 561. The Labute approximate surface area is 127 Å². The van der Waals surface area contributed by atoms with Crippen molar-refractivity contribution in [2.75, 3.05) is 12.3 Å². The van der Waals surface area contributed by atoms with Gasteiger partial charge in [-0.05, 0) is 32.9 Å². The van der Waals surface area contributed by atoms with Crippen LogP contribution in [0.15, 0.2) is 24.3 Å². The van der Waals surface area contributed by atoms with E-state index in [1.54, 1.807) is 20.8 Å². The summed E-state index contributed by atoms with van der Waals surface area (Å²) in [7, 11) is 0. The molecule has 3 N–H and O–H groups in total. The Morgan fingerprint density at radius 2 is 1.95 bits per heavy atom. The summed E-state index contributed by atoms with van der Waals surface area (Å²) in [5, 5.41) is 2.42. The summed E-state index contributed by atoms with van der Waals surface area (Å²) in [6.07, 6.45) is -2.53. The van der Waals surface area contributed by atoms with Crippen molar-refractivity contribution in [3.8, 4) is 0 Å². The molecule has 1 aromatic rings. The zero-order chi connectivity index (χ0) is 17.0. The second kappa shape index (κ2) is 6.72. The standard InChI is InChI=1S/C15H19F3N2O2/c1-14(2,3)22-13(21)20-9-5-6-10-11(15(16,17)18)7-4-8-12(10)19/h4-8H,9,19H2,1-3H3,(H,20,21). The van der Waals surface area contributed by atoms with Crippen molar-refractivity contribution in [1.29, 1.82) is 0 Å². The zero-order valence-corrected chi connectivity index (χ0v) is 12.6. The molecule has 4 nitrogen and oxygen atoms in total. The van der Waals surface area contributed by atoms with Crippen molar-refractivity contribution in [3.05, 3.63) is 35.4 Å². The number of benzene rings is 1. The van der Waals surface area contributed by atoms with E-state index < -0.39 is 23.4 Å². The maximum Gasteiger partial charge on any atom is 0.417 e. The number of amides is 1. The van der Waals surface area contributed by atoms with Crippen LogP contribution in [0, 0.1) is 0 Å². The molecule has 1 rings (SSSR count). The molecule has 0 spiro atoms. The second-order valence-electron chi connectivity index (χ2n) is 5.59. The molecule has 22 heavy (non-hydrogen) atoms. The first-order chi connectivity index (χ1) is 10.0. The number of rotatable bonds is 3. The number of alkyl halides is 3. The molecule has 0 bridgehead atoms. The molecule has 0 fully saturated rings. The van der Waals surface area contributed by atoms with Gasteiger partial charge in [-0.3, -0.25) is 0 Å². The molecule has 0 aliphatic rings. The van der Waals surface area contributed by atoms with E-state index in [-0.39, 0.29) is 17.8 Å². The third kappa shape index (κ3) is 5.67. The number of anilines is 1. The van der Waals surface area contributed by atoms with E-state index in [0.717, 1.165) is 6.07 Å². The topological polar surface area (TPSA) is 64.3 Å². The molecule has 0 saturated carbocycles. The first kappa shape index (κ1) is 17.9. The van der Waals surface area contributed by atoms with Crippen molar-refractivity contribution >= 4 is 17.9 Å². The van der Waals surface area contributed by atoms with Gasteiger partial charge in [0.15, 0.2) is 0 Å². The molecule has 0 unspecified atom stereocenters. The van der Waals surface area contributed by atoms with E-state index in [1.165, 1.54) is 24.3 Å². The van der Waals surface area contributed by atoms with E-state index >= 15 is 0 Å². The molecule has 0 heterocycles. The lowest BCUT2D eigenvalue weighted by molar-refractivity contribution is -0.137. The van der Waals surface area contributed by atoms with Gasteiger partial charge in [0.05, 0.1) is 5.56 Å². The Morgan fingerprint density at radius 3 is 2.50 bits per heavy atom. The quantitative estimate of drug-likeness (QED) is 0.833. The summed E-state index contributed by atoms with van der Waals surface area (Å²) in [5.41, 5.74) is 4.02. The number of hydrogen-bond acceptors (Lipinski definition) is 3. The molecule has 0 radical (unpaired) electrons. The summed E-state index contributed by atoms with van der Waals surface area (Å²) < 4.78 is 43.6. The van der Waals surface area contributed by atoms with Crippen LogP contribution in [-0.4, -0.2) is 18.2 Å². The molecule has 1 aromatic carbocycles. The van der Waals surface area contributed by atoms with Gasteiger partial charge in [-0.25, -0.2) is 4.79 Å². The van der Waals surface area contributed by atoms with Crippen LogP contribution in [0.5, 0.6) is 0 Å². The minimum Gasteiger partial charge on any atom is -0.444 e. The molecule has 122 valence electrons. The highest BCUT2D eigenvalue weighted by Gasteiger charge is 2.33. The maximum absolute atomic E-state index is 12.9. The van der Waals surface area contributed by atoms with Gasteiger partial charge >= 0.3 is 12.3 Å². The minimum absolute atomic E-state index is 0.0170. The van der Waals surface area contributed by atoms with Crippen LogP contribution in [0.3, 0.4) is 0 Å². The number of nitrogens with one attached hydrogen (secondary N) is 1. The number of alkyl carbamates (subject to hydrolysis) is 1. The van der Waals surface area contributed by atoms with Crippen molar-refractivity contribution in [3.63, 3.8) is 0 Å². The molecule has 0 aromatic heterocycles. The highest BCUT2D eigenvalue weighted by molar-refractivity contribution is 5.70. The van der Waals surface area contributed by atoms with Crippen LogP contribution in [0.1, 0.15) is 31.9 Å². The van der Waals surface area contributed by atoms with Crippen molar-refractivity contribution in [2.24, 2.45) is 0 Å². The number of ether oxygens (including phenoxy) is 1. The molecule has 0 saturated heterocycles. The number of nitrogen functional groups attached to an aromatic ring is 1. The number of hydrogen-bond donors (Lipinski definition) is 2. The third-order valence-electron chi connectivity index (χ3n) is 2.49. The number of halogens is 3. The van der Waals surface area contributed by atoms with E-state index in [4.69, 9.17) is 10.5 Å². The fraction of sp³-hybridized carbons (Fsp3) is 0.400. The fourth-order valence-electron chi connectivity index (χ4n) is 1.65. The largest absolute Gasteiger partial charge is 0.444 e. The average molecular weight is 316 g/mol. The molecular formula is C15H19F3N2O2. The van der Waals surface area contributed by atoms with E-state index in [9.17, 15) is 18.0 Å². The Morgan fingerprint density at radius 1 is 1.32 bits per heavy atom. The Balaban J connectivity index is 2.74. The molecule has 0 atom stereocenters. The highest BCUT2D eigenvalue weighted by Crippen LogP contribution is 2.34. The molecule has 7 heteroatoms. The fourth-order valence-corrected chi connectivity index (χ4v) is 1.65. The normalized spacial score (nSPS) is 12.5. The summed E-state index contributed by atoms with van der Waals surface area (Å²) in [4.78, 5) is 11.4. The van der Waals surface area contributed by atoms with Crippen molar-refractivity contribution < 1.29 is 22.7 Å². The monoisotopic (exact) mass is 316 g/mol. The zero-order valence-electron chi connectivity index (χ0n) is 12.6. The summed E-state index contributed by atoms with van der Waals surface area (Å²) in [6, 6.07) is 3.59. The van der Waals surface area contributed by atoms with Gasteiger partial charge in [-0.15, -0.1) is 0 Å². The predicted molar refractivity (Wildman–Crippen MR) is 79.1 cm³/mol. The second-order valence-corrected chi connectivity index (χ2v) is 5.59. The lowest BCUT2D eigenvalue weighted by Gasteiger charge is -2.19. The smallest absolute Gasteiger partial charge is 0.417 e. The molecule has 0 aliphatic carbocycles. The number of carbonyl (C=O) groups is 1. The average Bonchev–Trinajstić information content (AvgIpc) is 2.32. The SMILES string of the molecule is CC(C)(C)OC(=O)NCC=Cc1c(N)cccc1C(F)(F)F. The summed E-state index contributed by atoms with van der Waals surface area (Å²) in [5.74, 6) is 0. The van der Waals surface area contributed by atoms with Gasteiger partial charge in [0, 0.05) is 17.8 Å². The Hall–Kier alpha value is -2.18.